The molecule has 1 N–H and O–H groups in total. The third-order valence-electron chi connectivity index (χ3n) is 0.730. The normalized spacial score (nSPS) is 9.00. The lowest BCUT2D eigenvalue weighted by atomic mass is 10.5. The average Bonchev–Trinajstić information content (AvgIpc) is 1.77. The zero-order valence-electron chi connectivity index (χ0n) is 4.00. The molecule has 0 amide bonds. The molecule has 0 unspecified atom stereocenters. The summed E-state index contributed by atoms with van der Waals surface area (Å²) >= 11 is 6.14. The van der Waals surface area contributed by atoms with E-state index in [1.165, 1.54) is 11.3 Å². The fourth-order valence-corrected chi connectivity index (χ4v) is 1.19. The van der Waals surface area contributed by atoms with Crippen LogP contribution in [0.15, 0.2) is 16.8 Å². The van der Waals surface area contributed by atoms with Gasteiger partial charge in [0.05, 0.1) is 4.51 Å². The van der Waals surface area contributed by atoms with Crippen molar-refractivity contribution in [1.82, 2.24) is 0 Å². The van der Waals surface area contributed by atoms with E-state index in [0.717, 1.165) is 0 Å². The molecule has 0 aromatic carbocycles. The first-order valence-corrected chi connectivity index (χ1v) is 3.41. The van der Waals surface area contributed by atoms with Crippen molar-refractivity contribution in [2.75, 3.05) is 0 Å². The van der Waals surface area contributed by atoms with Gasteiger partial charge in [-0.3, -0.25) is 0 Å². The Bertz CT molecular complexity index is 228. The Labute approximate surface area is 56.2 Å². The predicted molar refractivity (Wildman–Crippen MR) is 36.8 cm³/mol. The van der Waals surface area contributed by atoms with Gasteiger partial charge < -0.3 is 5.11 Å². The lowest BCUT2D eigenvalue weighted by Crippen LogP contribution is -1.58. The van der Waals surface area contributed by atoms with Gasteiger partial charge in [-0.05, 0) is 11.4 Å². The molecule has 1 heterocycles. The first kappa shape index (κ1) is 5.72. The molecule has 0 bridgehead atoms. The molecule has 42 valence electrons. The van der Waals surface area contributed by atoms with Crippen LogP contribution in [0.25, 0.3) is 0 Å². The standard InChI is InChI=1S/C5H4OS2/c6-4-3-8-2-1-5(4)7/h1-3,6H. The van der Waals surface area contributed by atoms with Gasteiger partial charge in [0.25, 0.3) is 0 Å². The van der Waals surface area contributed by atoms with Gasteiger partial charge >= 0.3 is 0 Å². The fourth-order valence-electron chi connectivity index (χ4n) is 0.348. The summed E-state index contributed by atoms with van der Waals surface area (Å²) in [5.41, 5.74) is 0. The Morgan fingerprint density at radius 1 is 1.62 bits per heavy atom. The van der Waals surface area contributed by atoms with Crippen LogP contribution >= 0.6 is 23.6 Å². The summed E-state index contributed by atoms with van der Waals surface area (Å²) in [7, 11) is 0. The molecule has 0 aliphatic carbocycles. The van der Waals surface area contributed by atoms with E-state index in [4.69, 9.17) is 17.3 Å². The number of hydrogen-bond donors (Lipinski definition) is 1. The first-order valence-electron chi connectivity index (χ1n) is 2.06. The van der Waals surface area contributed by atoms with Crippen molar-refractivity contribution >= 4 is 23.6 Å². The Hall–Kier alpha value is -0.410. The van der Waals surface area contributed by atoms with Gasteiger partial charge in [0.15, 0.2) is 0 Å². The zero-order valence-corrected chi connectivity index (χ0v) is 5.63. The summed E-state index contributed by atoms with van der Waals surface area (Å²) in [6.07, 6.45) is 0. The molecule has 0 spiro atoms. The molecule has 1 aromatic heterocycles. The smallest absolute Gasteiger partial charge is 0.143 e. The Morgan fingerprint density at radius 3 is 2.75 bits per heavy atom. The molecule has 0 aliphatic rings. The van der Waals surface area contributed by atoms with Crippen molar-refractivity contribution in [3.63, 3.8) is 0 Å². The molecular weight excluding hydrogens is 140 g/mol. The molecule has 3 heteroatoms. The molecule has 1 rings (SSSR count). The molecule has 0 fully saturated rings. The molecule has 0 atom stereocenters. The summed E-state index contributed by atoms with van der Waals surface area (Å²) in [6.45, 7) is 0. The van der Waals surface area contributed by atoms with E-state index in [1.54, 1.807) is 11.4 Å². The van der Waals surface area contributed by atoms with E-state index in [-0.39, 0.29) is 5.75 Å². The Balaban J connectivity index is 3.35. The Kier molecular flexibility index (Phi) is 1.60. The topological polar surface area (TPSA) is 20.2 Å². The van der Waals surface area contributed by atoms with Gasteiger partial charge in [-0.1, -0.05) is 12.2 Å². The second-order valence-corrected chi connectivity index (χ2v) is 2.53. The second kappa shape index (κ2) is 2.24. The van der Waals surface area contributed by atoms with Gasteiger partial charge in [-0.2, -0.15) is 0 Å². The summed E-state index contributed by atoms with van der Waals surface area (Å²) in [6, 6.07) is 1.70. The van der Waals surface area contributed by atoms with Crippen molar-refractivity contribution in [3.8, 4) is 5.75 Å². The van der Waals surface area contributed by atoms with Gasteiger partial charge in [-0.15, -0.1) is 11.3 Å². The quantitative estimate of drug-likeness (QED) is 0.563. The van der Waals surface area contributed by atoms with Crippen molar-refractivity contribution in [3.05, 3.63) is 21.3 Å². The fraction of sp³-hybridized carbons (Fsp3) is 0. The minimum atomic E-state index is 0.201. The lowest BCUT2D eigenvalue weighted by molar-refractivity contribution is 0.475. The largest absolute Gasteiger partial charge is 0.506 e. The number of hydrogen-bond acceptors (Lipinski definition) is 3. The summed E-state index contributed by atoms with van der Waals surface area (Å²) in [4.78, 5) is 0. The van der Waals surface area contributed by atoms with Gasteiger partial charge in [-0.25, -0.2) is 0 Å². The van der Waals surface area contributed by atoms with Crippen molar-refractivity contribution < 1.29 is 5.11 Å². The molecule has 0 saturated heterocycles. The predicted octanol–water partition coefficient (Wildman–Crippen LogP) is 2.18. The van der Waals surface area contributed by atoms with E-state index < -0.39 is 0 Å². The van der Waals surface area contributed by atoms with E-state index >= 15 is 0 Å². The van der Waals surface area contributed by atoms with Crippen LogP contribution in [0.3, 0.4) is 0 Å². The average molecular weight is 144 g/mol. The van der Waals surface area contributed by atoms with Crippen LogP contribution in [-0.2, 0) is 0 Å². The number of rotatable bonds is 0. The SMILES string of the molecule is Oc1csccc1=S. The highest BCUT2D eigenvalue weighted by Crippen LogP contribution is 2.12. The van der Waals surface area contributed by atoms with Gasteiger partial charge in [0.2, 0.25) is 0 Å². The van der Waals surface area contributed by atoms with Crippen molar-refractivity contribution in [1.29, 1.82) is 0 Å². The van der Waals surface area contributed by atoms with Crippen LogP contribution in [0.5, 0.6) is 5.75 Å². The zero-order chi connectivity index (χ0) is 5.98. The van der Waals surface area contributed by atoms with Crippen LogP contribution < -0.4 is 0 Å². The summed E-state index contributed by atoms with van der Waals surface area (Å²) in [5.74, 6) is 0.201. The minimum absolute atomic E-state index is 0.201. The highest BCUT2D eigenvalue weighted by Gasteiger charge is 1.83. The van der Waals surface area contributed by atoms with Crippen LogP contribution in [0.2, 0.25) is 0 Å². The van der Waals surface area contributed by atoms with Crippen LogP contribution in [0.1, 0.15) is 0 Å². The highest BCUT2D eigenvalue weighted by molar-refractivity contribution is 7.71. The molecule has 1 nitrogen and oxygen atoms in total. The first-order chi connectivity index (χ1) is 3.80. The molecule has 1 aromatic rings. The van der Waals surface area contributed by atoms with Gasteiger partial charge in [0, 0.05) is 5.38 Å². The van der Waals surface area contributed by atoms with E-state index in [1.807, 2.05) is 5.38 Å². The van der Waals surface area contributed by atoms with Crippen LogP contribution in [0, 0.1) is 4.51 Å². The van der Waals surface area contributed by atoms with Gasteiger partial charge in [0.1, 0.15) is 5.75 Å². The summed E-state index contributed by atoms with van der Waals surface area (Å²) in [5, 5.41) is 12.3. The van der Waals surface area contributed by atoms with Crippen molar-refractivity contribution in [2.24, 2.45) is 0 Å². The van der Waals surface area contributed by atoms with E-state index in [9.17, 15) is 0 Å². The maximum Gasteiger partial charge on any atom is 0.143 e. The van der Waals surface area contributed by atoms with E-state index in [0.29, 0.717) is 4.51 Å². The van der Waals surface area contributed by atoms with Crippen LogP contribution in [-0.4, -0.2) is 5.11 Å². The Morgan fingerprint density at radius 2 is 2.38 bits per heavy atom. The van der Waals surface area contributed by atoms with E-state index in [2.05, 4.69) is 0 Å². The second-order valence-electron chi connectivity index (χ2n) is 1.31. The molecular formula is C5H4OS2. The maximum absolute atomic E-state index is 8.83. The molecule has 0 saturated carbocycles. The molecule has 8 heavy (non-hydrogen) atoms. The van der Waals surface area contributed by atoms with Crippen LogP contribution in [0.4, 0.5) is 0 Å². The maximum atomic E-state index is 8.83. The summed E-state index contributed by atoms with van der Waals surface area (Å²) < 4.78 is 0.517. The number of aromatic hydroxyl groups is 1. The monoisotopic (exact) mass is 144 g/mol. The van der Waals surface area contributed by atoms with Crippen molar-refractivity contribution in [2.45, 2.75) is 0 Å². The third kappa shape index (κ3) is 1.05. The third-order valence-corrected chi connectivity index (χ3v) is 1.73. The minimum Gasteiger partial charge on any atom is -0.506 e. The molecule has 0 radical (unpaired) electrons. The molecule has 0 aliphatic heterocycles. The highest BCUT2D eigenvalue weighted by atomic mass is 32.1. The lowest BCUT2D eigenvalue weighted by Gasteiger charge is -1.83.